The Balaban J connectivity index is 1.30. The van der Waals surface area contributed by atoms with Crippen molar-refractivity contribution in [1.29, 1.82) is 0 Å². The molecule has 2 bridgehead atoms. The minimum atomic E-state index is -1.05. The van der Waals surface area contributed by atoms with Crippen molar-refractivity contribution in [1.82, 2.24) is 35.8 Å². The monoisotopic (exact) mass is 589 g/mol. The standard InChI is InChI=1S/C30H32FN7O5/c31-20-8-6-19(7-9-20)28(41)37-16-21-15-25(37)27(40)34-24(14-22-17-38(36-35-22)23-4-2-1-3-5-23)26(39)32-18-30(29(42)33-21)10-12-43-13-11-30/h1-9,17,21,24-25H,10-16,18H2,(H,32,39)(H,33,42)(H,34,40)/t21-,24-,25+/m1/s1. The number of hydrogen-bond donors (Lipinski definition) is 3. The Labute approximate surface area is 246 Å². The highest BCUT2D eigenvalue weighted by molar-refractivity contribution is 5.99. The number of benzene rings is 2. The predicted molar refractivity (Wildman–Crippen MR) is 150 cm³/mol. The molecule has 2 aromatic carbocycles. The van der Waals surface area contributed by atoms with Crippen LogP contribution in [0.3, 0.4) is 0 Å². The summed E-state index contributed by atoms with van der Waals surface area (Å²) >= 11 is 0. The van der Waals surface area contributed by atoms with Crippen LogP contribution in [0.25, 0.3) is 5.69 Å². The van der Waals surface area contributed by atoms with Gasteiger partial charge in [0.2, 0.25) is 17.7 Å². The number of halogens is 1. The number of likely N-dealkylation sites (tertiary alicyclic amines) is 1. The Kier molecular flexibility index (Phi) is 7.89. The van der Waals surface area contributed by atoms with Gasteiger partial charge in [0.15, 0.2) is 0 Å². The van der Waals surface area contributed by atoms with Crippen molar-refractivity contribution in [2.75, 3.05) is 26.3 Å². The average molecular weight is 590 g/mol. The van der Waals surface area contributed by atoms with Crippen LogP contribution in [0.5, 0.6) is 0 Å². The first-order valence-corrected chi connectivity index (χ1v) is 14.3. The van der Waals surface area contributed by atoms with Crippen LogP contribution in [0.1, 0.15) is 35.3 Å². The molecule has 4 amide bonds. The van der Waals surface area contributed by atoms with Gasteiger partial charge in [0.25, 0.3) is 5.91 Å². The van der Waals surface area contributed by atoms with Crippen LogP contribution in [-0.2, 0) is 25.5 Å². The van der Waals surface area contributed by atoms with Gasteiger partial charge >= 0.3 is 0 Å². The molecule has 0 saturated carbocycles. The molecule has 0 radical (unpaired) electrons. The highest BCUT2D eigenvalue weighted by Crippen LogP contribution is 2.32. The smallest absolute Gasteiger partial charge is 0.254 e. The van der Waals surface area contributed by atoms with E-state index in [1.807, 2.05) is 30.3 Å². The Morgan fingerprint density at radius 1 is 1.00 bits per heavy atom. The molecule has 3 aliphatic heterocycles. The molecule has 4 heterocycles. The number of aromatic nitrogens is 3. The van der Waals surface area contributed by atoms with Gasteiger partial charge < -0.3 is 25.6 Å². The summed E-state index contributed by atoms with van der Waals surface area (Å²) in [5.41, 5.74) is 0.566. The average Bonchev–Trinajstić information content (AvgIpc) is 3.67. The molecule has 1 spiro atoms. The van der Waals surface area contributed by atoms with Crippen LogP contribution < -0.4 is 16.0 Å². The van der Waals surface area contributed by atoms with Gasteiger partial charge in [0.1, 0.15) is 17.9 Å². The molecule has 224 valence electrons. The van der Waals surface area contributed by atoms with E-state index in [-0.39, 0.29) is 37.4 Å². The minimum Gasteiger partial charge on any atom is -0.381 e. The summed E-state index contributed by atoms with van der Waals surface area (Å²) in [5, 5.41) is 17.1. The van der Waals surface area contributed by atoms with Gasteiger partial charge in [-0.1, -0.05) is 23.4 Å². The van der Waals surface area contributed by atoms with Crippen molar-refractivity contribution in [2.45, 2.75) is 43.8 Å². The maximum Gasteiger partial charge on any atom is 0.254 e. The number of ether oxygens (including phenoxy) is 1. The third-order valence-corrected chi connectivity index (χ3v) is 8.43. The second-order valence-electron chi connectivity index (χ2n) is 11.3. The van der Waals surface area contributed by atoms with E-state index in [9.17, 15) is 23.6 Å². The molecule has 3 N–H and O–H groups in total. The van der Waals surface area contributed by atoms with E-state index in [1.54, 1.807) is 10.9 Å². The number of amides is 4. The van der Waals surface area contributed by atoms with E-state index < -0.39 is 47.1 Å². The zero-order valence-electron chi connectivity index (χ0n) is 23.4. The zero-order chi connectivity index (χ0) is 30.0. The van der Waals surface area contributed by atoms with Gasteiger partial charge in [0, 0.05) is 44.3 Å². The second kappa shape index (κ2) is 11.9. The third kappa shape index (κ3) is 5.98. The molecular weight excluding hydrogens is 557 g/mol. The molecule has 43 heavy (non-hydrogen) atoms. The molecule has 3 aromatic rings. The van der Waals surface area contributed by atoms with Crippen molar-refractivity contribution in [3.63, 3.8) is 0 Å². The summed E-state index contributed by atoms with van der Waals surface area (Å²) in [4.78, 5) is 55.9. The fourth-order valence-corrected chi connectivity index (χ4v) is 5.92. The van der Waals surface area contributed by atoms with Crippen molar-refractivity contribution < 1.29 is 28.3 Å². The molecule has 3 fully saturated rings. The quantitative estimate of drug-likeness (QED) is 0.407. The summed E-state index contributed by atoms with van der Waals surface area (Å²) < 4.78 is 20.7. The van der Waals surface area contributed by atoms with Crippen molar-refractivity contribution >= 4 is 23.6 Å². The molecule has 0 unspecified atom stereocenters. The van der Waals surface area contributed by atoms with Crippen LogP contribution in [0, 0.1) is 11.2 Å². The van der Waals surface area contributed by atoms with Gasteiger partial charge in [-0.25, -0.2) is 9.07 Å². The van der Waals surface area contributed by atoms with Crippen LogP contribution in [0.4, 0.5) is 4.39 Å². The van der Waals surface area contributed by atoms with Gasteiger partial charge in [0.05, 0.1) is 23.0 Å². The van der Waals surface area contributed by atoms with Crippen molar-refractivity contribution in [3.05, 3.63) is 77.9 Å². The molecule has 12 nitrogen and oxygen atoms in total. The fourth-order valence-electron chi connectivity index (χ4n) is 5.92. The highest BCUT2D eigenvalue weighted by atomic mass is 19.1. The van der Waals surface area contributed by atoms with E-state index in [4.69, 9.17) is 4.74 Å². The first-order valence-electron chi connectivity index (χ1n) is 14.3. The van der Waals surface area contributed by atoms with E-state index in [1.165, 1.54) is 29.2 Å². The first kappa shape index (κ1) is 28.5. The van der Waals surface area contributed by atoms with Gasteiger partial charge in [-0.05, 0) is 55.7 Å². The largest absolute Gasteiger partial charge is 0.381 e. The lowest BCUT2D eigenvalue weighted by atomic mass is 9.78. The Morgan fingerprint density at radius 3 is 2.49 bits per heavy atom. The van der Waals surface area contributed by atoms with E-state index in [0.29, 0.717) is 31.7 Å². The van der Waals surface area contributed by atoms with Gasteiger partial charge in [-0.2, -0.15) is 0 Å². The molecule has 3 aliphatic rings. The number of para-hydroxylation sites is 1. The fraction of sp³-hybridized carbons (Fsp3) is 0.400. The predicted octanol–water partition coefficient (Wildman–Crippen LogP) is 0.760. The highest BCUT2D eigenvalue weighted by Gasteiger charge is 2.46. The van der Waals surface area contributed by atoms with E-state index >= 15 is 0 Å². The SMILES string of the molecule is O=C1NCC2(CCOCC2)C(=O)N[C@@H]2C[C@@H](C(=O)N[C@@H]1Cc1cn(-c3ccccc3)nn1)N(C(=O)c1ccc(F)cc1)C2. The molecule has 3 saturated heterocycles. The van der Waals surface area contributed by atoms with Crippen LogP contribution >= 0.6 is 0 Å². The van der Waals surface area contributed by atoms with Crippen LogP contribution in [0.2, 0.25) is 0 Å². The lowest BCUT2D eigenvalue weighted by molar-refractivity contribution is -0.139. The van der Waals surface area contributed by atoms with Gasteiger partial charge in [-0.3, -0.25) is 19.2 Å². The molecule has 6 rings (SSSR count). The Bertz CT molecular complexity index is 1510. The first-order chi connectivity index (χ1) is 20.8. The van der Waals surface area contributed by atoms with E-state index in [0.717, 1.165) is 5.69 Å². The summed E-state index contributed by atoms with van der Waals surface area (Å²) in [5.74, 6) is -2.23. The van der Waals surface area contributed by atoms with Gasteiger partial charge in [-0.15, -0.1) is 5.10 Å². The molecular formula is C30H32FN7O5. The number of carbonyl (C=O) groups is 4. The van der Waals surface area contributed by atoms with Crippen LogP contribution in [0.15, 0.2) is 60.8 Å². The molecule has 13 heteroatoms. The van der Waals surface area contributed by atoms with E-state index in [2.05, 4.69) is 26.3 Å². The number of nitrogens with one attached hydrogen (secondary N) is 3. The molecule has 3 atom stereocenters. The number of rotatable bonds is 4. The molecule has 1 aromatic heterocycles. The third-order valence-electron chi connectivity index (χ3n) is 8.43. The topological polar surface area (TPSA) is 148 Å². The number of fused-ring (bicyclic) bond motifs is 2. The Morgan fingerprint density at radius 2 is 1.74 bits per heavy atom. The molecule has 0 aliphatic carbocycles. The number of hydrogen-bond acceptors (Lipinski definition) is 7. The number of carbonyl (C=O) groups excluding carboxylic acids is 4. The Hall–Kier alpha value is -4.65. The lowest BCUT2D eigenvalue weighted by Gasteiger charge is -2.37. The summed E-state index contributed by atoms with van der Waals surface area (Å²) in [6, 6.07) is 11.9. The zero-order valence-corrected chi connectivity index (χ0v) is 23.4. The number of nitrogens with zero attached hydrogens (tertiary/aromatic N) is 4. The normalized spacial score (nSPS) is 24.0. The maximum atomic E-state index is 13.7. The minimum absolute atomic E-state index is 0.0365. The lowest BCUT2D eigenvalue weighted by Crippen LogP contribution is -2.57. The van der Waals surface area contributed by atoms with Crippen molar-refractivity contribution in [2.24, 2.45) is 5.41 Å². The van der Waals surface area contributed by atoms with Crippen molar-refractivity contribution in [3.8, 4) is 5.69 Å². The summed E-state index contributed by atoms with van der Waals surface area (Å²) in [7, 11) is 0. The summed E-state index contributed by atoms with van der Waals surface area (Å²) in [6.45, 7) is 0.894. The van der Waals surface area contributed by atoms with Crippen LogP contribution in [-0.4, -0.2) is 88.0 Å². The second-order valence-corrected chi connectivity index (χ2v) is 11.3. The maximum absolute atomic E-state index is 13.7. The summed E-state index contributed by atoms with van der Waals surface area (Å²) in [6.07, 6.45) is 2.71.